The van der Waals surface area contributed by atoms with Crippen molar-refractivity contribution in [1.29, 1.82) is 0 Å². The SMILES string of the molecule is Cc1cc(C(=O)N(C)C2CN(c3ccc4nncn4n3)C2)nn1C. The van der Waals surface area contributed by atoms with Crippen molar-refractivity contribution in [3.8, 4) is 0 Å². The Bertz CT molecular complexity index is 888. The highest BCUT2D eigenvalue weighted by Gasteiger charge is 2.34. The molecule has 0 unspecified atom stereocenters. The van der Waals surface area contributed by atoms with E-state index in [1.807, 2.05) is 39.2 Å². The predicted octanol–water partition coefficient (Wildman–Crippen LogP) is 0.127. The second kappa shape index (κ2) is 5.29. The van der Waals surface area contributed by atoms with Crippen LogP contribution in [0.4, 0.5) is 5.82 Å². The Balaban J connectivity index is 1.43. The number of aryl methyl sites for hydroxylation is 2. The standard InChI is InChI=1S/C15H18N8O/c1-10-6-12(18-21(10)3)15(24)20(2)11-7-22(8-11)14-5-4-13-17-16-9-23(13)19-14/h4-6,9,11H,7-8H2,1-3H3. The van der Waals surface area contributed by atoms with E-state index in [9.17, 15) is 4.79 Å². The number of carbonyl (C=O) groups is 1. The first-order valence-corrected chi connectivity index (χ1v) is 7.73. The van der Waals surface area contributed by atoms with Gasteiger partial charge in [0.1, 0.15) is 12.1 Å². The Morgan fingerprint density at radius 3 is 2.79 bits per heavy atom. The molecular formula is C15H18N8O. The number of likely N-dealkylation sites (N-methyl/N-ethyl adjacent to an activating group) is 1. The summed E-state index contributed by atoms with van der Waals surface area (Å²) in [6.45, 7) is 3.42. The number of hydrogen-bond donors (Lipinski definition) is 0. The van der Waals surface area contributed by atoms with Crippen LogP contribution in [0.5, 0.6) is 0 Å². The van der Waals surface area contributed by atoms with E-state index in [0.717, 1.165) is 24.6 Å². The lowest BCUT2D eigenvalue weighted by Gasteiger charge is -2.44. The molecule has 0 radical (unpaired) electrons. The smallest absolute Gasteiger partial charge is 0.274 e. The molecule has 1 fully saturated rings. The van der Waals surface area contributed by atoms with Crippen molar-refractivity contribution in [2.75, 3.05) is 25.0 Å². The zero-order valence-electron chi connectivity index (χ0n) is 13.8. The van der Waals surface area contributed by atoms with Gasteiger partial charge in [0.05, 0.1) is 6.04 Å². The van der Waals surface area contributed by atoms with Gasteiger partial charge in [-0.25, -0.2) is 0 Å². The molecule has 1 saturated heterocycles. The highest BCUT2D eigenvalue weighted by molar-refractivity contribution is 5.92. The third kappa shape index (κ3) is 2.29. The molecule has 24 heavy (non-hydrogen) atoms. The monoisotopic (exact) mass is 326 g/mol. The van der Waals surface area contributed by atoms with Gasteiger partial charge in [0.25, 0.3) is 5.91 Å². The number of anilines is 1. The van der Waals surface area contributed by atoms with Gasteiger partial charge in [-0.1, -0.05) is 0 Å². The Kier molecular flexibility index (Phi) is 3.22. The van der Waals surface area contributed by atoms with Crippen LogP contribution in [-0.2, 0) is 7.05 Å². The van der Waals surface area contributed by atoms with Crippen LogP contribution >= 0.6 is 0 Å². The number of hydrogen-bond acceptors (Lipinski definition) is 6. The van der Waals surface area contributed by atoms with Gasteiger partial charge in [-0.15, -0.1) is 15.3 Å². The number of amides is 1. The Labute approximate surface area is 138 Å². The van der Waals surface area contributed by atoms with Crippen LogP contribution in [0, 0.1) is 6.92 Å². The molecular weight excluding hydrogens is 308 g/mol. The van der Waals surface area contributed by atoms with E-state index < -0.39 is 0 Å². The molecule has 9 heteroatoms. The van der Waals surface area contributed by atoms with E-state index in [1.54, 1.807) is 20.4 Å². The third-order valence-corrected chi connectivity index (χ3v) is 4.53. The van der Waals surface area contributed by atoms with Crippen molar-refractivity contribution in [2.45, 2.75) is 13.0 Å². The van der Waals surface area contributed by atoms with Crippen molar-refractivity contribution < 1.29 is 4.79 Å². The summed E-state index contributed by atoms with van der Waals surface area (Å²) in [7, 11) is 3.66. The fourth-order valence-corrected chi connectivity index (χ4v) is 2.79. The zero-order chi connectivity index (χ0) is 16.8. The summed E-state index contributed by atoms with van der Waals surface area (Å²) in [4.78, 5) is 16.4. The van der Waals surface area contributed by atoms with Crippen molar-refractivity contribution in [2.24, 2.45) is 7.05 Å². The van der Waals surface area contributed by atoms with E-state index in [0.29, 0.717) is 11.3 Å². The van der Waals surface area contributed by atoms with Crippen LogP contribution in [0.2, 0.25) is 0 Å². The molecule has 124 valence electrons. The van der Waals surface area contributed by atoms with E-state index in [-0.39, 0.29) is 11.9 Å². The van der Waals surface area contributed by atoms with Crippen molar-refractivity contribution in [1.82, 2.24) is 34.5 Å². The molecule has 4 rings (SSSR count). The summed E-state index contributed by atoms with van der Waals surface area (Å²) in [5.41, 5.74) is 2.17. The quantitative estimate of drug-likeness (QED) is 0.680. The van der Waals surface area contributed by atoms with Gasteiger partial charge in [0.15, 0.2) is 11.3 Å². The normalized spacial score (nSPS) is 14.9. The molecule has 4 heterocycles. The molecule has 3 aromatic rings. The Morgan fingerprint density at radius 1 is 1.29 bits per heavy atom. The van der Waals surface area contributed by atoms with Crippen LogP contribution in [-0.4, -0.2) is 66.6 Å². The molecule has 0 saturated carbocycles. The lowest BCUT2D eigenvalue weighted by Crippen LogP contribution is -2.60. The highest BCUT2D eigenvalue weighted by Crippen LogP contribution is 2.22. The average Bonchev–Trinajstić information content (AvgIpc) is 3.11. The topological polar surface area (TPSA) is 84.5 Å². The molecule has 1 aliphatic rings. The number of fused-ring (bicyclic) bond motifs is 1. The predicted molar refractivity (Wildman–Crippen MR) is 86.8 cm³/mol. The van der Waals surface area contributed by atoms with Crippen molar-refractivity contribution in [3.05, 3.63) is 35.9 Å². The van der Waals surface area contributed by atoms with Crippen LogP contribution < -0.4 is 4.90 Å². The lowest BCUT2D eigenvalue weighted by atomic mass is 10.1. The van der Waals surface area contributed by atoms with Gasteiger partial charge in [0, 0.05) is 32.9 Å². The lowest BCUT2D eigenvalue weighted by molar-refractivity contribution is 0.0698. The molecule has 0 atom stereocenters. The fourth-order valence-electron chi connectivity index (χ4n) is 2.79. The molecule has 0 aliphatic carbocycles. The van der Waals surface area contributed by atoms with Crippen molar-refractivity contribution in [3.63, 3.8) is 0 Å². The first-order valence-electron chi connectivity index (χ1n) is 7.73. The van der Waals surface area contributed by atoms with Gasteiger partial charge in [-0.3, -0.25) is 9.48 Å². The highest BCUT2D eigenvalue weighted by atomic mass is 16.2. The molecule has 3 aromatic heterocycles. The number of rotatable bonds is 3. The summed E-state index contributed by atoms with van der Waals surface area (Å²) in [5, 5.41) is 16.5. The minimum Gasteiger partial charge on any atom is -0.351 e. The molecule has 0 N–H and O–H groups in total. The van der Waals surface area contributed by atoms with E-state index in [4.69, 9.17) is 0 Å². The van der Waals surface area contributed by atoms with Gasteiger partial charge in [-0.2, -0.15) is 9.61 Å². The third-order valence-electron chi connectivity index (χ3n) is 4.53. The van der Waals surface area contributed by atoms with Gasteiger partial charge < -0.3 is 9.80 Å². The first kappa shape index (κ1) is 14.6. The largest absolute Gasteiger partial charge is 0.351 e. The maximum Gasteiger partial charge on any atom is 0.274 e. The number of nitrogens with zero attached hydrogens (tertiary/aromatic N) is 8. The van der Waals surface area contributed by atoms with Gasteiger partial charge >= 0.3 is 0 Å². The van der Waals surface area contributed by atoms with Crippen LogP contribution in [0.3, 0.4) is 0 Å². The minimum atomic E-state index is -0.0504. The minimum absolute atomic E-state index is 0.0504. The van der Waals surface area contributed by atoms with Crippen LogP contribution in [0.15, 0.2) is 24.5 Å². The molecule has 0 bridgehead atoms. The van der Waals surface area contributed by atoms with Gasteiger partial charge in [-0.05, 0) is 25.1 Å². The second-order valence-corrected chi connectivity index (χ2v) is 6.09. The maximum atomic E-state index is 12.5. The van der Waals surface area contributed by atoms with Crippen LogP contribution in [0.1, 0.15) is 16.2 Å². The summed E-state index contributed by atoms with van der Waals surface area (Å²) >= 11 is 0. The fraction of sp³-hybridized carbons (Fsp3) is 0.400. The second-order valence-electron chi connectivity index (χ2n) is 6.09. The number of carbonyl (C=O) groups excluding carboxylic acids is 1. The van der Waals surface area contributed by atoms with E-state index >= 15 is 0 Å². The first-order chi connectivity index (χ1) is 11.5. The Hall–Kier alpha value is -2.97. The summed E-state index contributed by atoms with van der Waals surface area (Å²) in [6, 6.07) is 5.77. The molecule has 0 aromatic carbocycles. The summed E-state index contributed by atoms with van der Waals surface area (Å²) in [5.74, 6) is 0.804. The molecule has 9 nitrogen and oxygen atoms in total. The van der Waals surface area contributed by atoms with Crippen molar-refractivity contribution >= 4 is 17.4 Å². The van der Waals surface area contributed by atoms with E-state index in [1.165, 1.54) is 0 Å². The van der Waals surface area contributed by atoms with E-state index in [2.05, 4.69) is 25.3 Å². The maximum absolute atomic E-state index is 12.5. The average molecular weight is 326 g/mol. The Morgan fingerprint density at radius 2 is 2.08 bits per heavy atom. The zero-order valence-corrected chi connectivity index (χ0v) is 13.8. The molecule has 1 aliphatic heterocycles. The summed E-state index contributed by atoms with van der Waals surface area (Å²) in [6.07, 6.45) is 1.58. The summed E-state index contributed by atoms with van der Waals surface area (Å²) < 4.78 is 3.36. The number of aromatic nitrogens is 6. The molecule has 1 amide bonds. The molecule has 0 spiro atoms. The van der Waals surface area contributed by atoms with Gasteiger partial charge in [0.2, 0.25) is 0 Å². The van der Waals surface area contributed by atoms with Crippen LogP contribution in [0.25, 0.3) is 5.65 Å².